The van der Waals surface area contributed by atoms with Crippen molar-refractivity contribution >= 4 is 11.7 Å². The van der Waals surface area contributed by atoms with Gasteiger partial charge in [-0.25, -0.2) is 9.18 Å². The lowest BCUT2D eigenvalue weighted by atomic mass is 9.49. The number of nitrogens with one attached hydrogen (secondary N) is 2. The van der Waals surface area contributed by atoms with Crippen LogP contribution in [0.25, 0.3) is 0 Å². The number of hydrogen-bond acceptors (Lipinski definition) is 5. The predicted molar refractivity (Wildman–Crippen MR) is 180 cm³/mol. The summed E-state index contributed by atoms with van der Waals surface area (Å²) in [5.41, 5.74) is -3.21. The summed E-state index contributed by atoms with van der Waals surface area (Å²) in [4.78, 5) is 12.5. The minimum atomic E-state index is -5.94. The number of carbonyl (C=O) groups excluding carboxylic acids is 1. The van der Waals surface area contributed by atoms with Gasteiger partial charge in [0.2, 0.25) is 0 Å². The Morgan fingerprint density at radius 2 is 1.56 bits per heavy atom. The second-order valence-corrected chi connectivity index (χ2v) is 16.7. The quantitative estimate of drug-likeness (QED) is 0.183. The lowest BCUT2D eigenvalue weighted by Gasteiger charge is -2.59. The molecule has 0 radical (unpaired) electrons. The van der Waals surface area contributed by atoms with Crippen molar-refractivity contribution in [1.82, 2.24) is 5.32 Å². The predicted octanol–water partition coefficient (Wildman–Crippen LogP) is 8.37. The summed E-state index contributed by atoms with van der Waals surface area (Å²) in [6.07, 6.45) is -5.11. The fourth-order valence-electron chi connectivity index (χ4n) is 10.1. The number of alkyl halides is 5. The molecule has 4 fully saturated rings. The molecule has 3 unspecified atom stereocenters. The lowest BCUT2D eigenvalue weighted by molar-refractivity contribution is -0.362. The molecule has 2 aromatic carbocycles. The Kier molecular flexibility index (Phi) is 8.91. The Bertz CT molecular complexity index is 1720. The summed E-state index contributed by atoms with van der Waals surface area (Å²) in [5.74, 6) is -8.49. The van der Waals surface area contributed by atoms with Crippen molar-refractivity contribution in [2.45, 2.75) is 114 Å². The van der Waals surface area contributed by atoms with Gasteiger partial charge in [-0.05, 0) is 91.3 Å². The van der Waals surface area contributed by atoms with Crippen LogP contribution in [0.4, 0.5) is 36.8 Å². The maximum absolute atomic E-state index is 15.4. The fourth-order valence-corrected chi connectivity index (χ4v) is 10.1. The van der Waals surface area contributed by atoms with Gasteiger partial charge in [0.25, 0.3) is 0 Å². The Morgan fingerprint density at radius 3 is 2.19 bits per heavy atom. The largest absolute Gasteiger partial charge is 0.456 e. The molecular formula is C39H46F6N2O5. The van der Waals surface area contributed by atoms with E-state index in [-0.39, 0.29) is 37.6 Å². The van der Waals surface area contributed by atoms with Crippen molar-refractivity contribution in [3.8, 4) is 0 Å². The molecule has 2 aromatic rings. The molecule has 284 valence electrons. The van der Waals surface area contributed by atoms with Crippen LogP contribution < -0.4 is 10.6 Å². The van der Waals surface area contributed by atoms with E-state index in [1.165, 1.54) is 31.2 Å². The summed E-state index contributed by atoms with van der Waals surface area (Å²) < 4.78 is 98.6. The van der Waals surface area contributed by atoms with Gasteiger partial charge in [-0.2, -0.15) is 22.0 Å². The number of fused-ring (bicyclic) bond motifs is 4. The number of ether oxygens (including phenoxy) is 2. The molecule has 0 aromatic heterocycles. The Morgan fingerprint density at radius 1 is 0.904 bits per heavy atom. The van der Waals surface area contributed by atoms with Crippen molar-refractivity contribution in [1.29, 1.82) is 0 Å². The van der Waals surface area contributed by atoms with Crippen molar-refractivity contribution in [2.24, 2.45) is 22.7 Å². The number of urea groups is 1. The zero-order valence-corrected chi connectivity index (χ0v) is 29.5. The summed E-state index contributed by atoms with van der Waals surface area (Å²) in [6.45, 7) is 6.50. The van der Waals surface area contributed by atoms with Gasteiger partial charge >= 0.3 is 18.1 Å². The second kappa shape index (κ2) is 12.5. The van der Waals surface area contributed by atoms with Gasteiger partial charge in [0.05, 0.1) is 18.8 Å². The minimum absolute atomic E-state index is 0.00109. The third-order valence-electron chi connectivity index (χ3n) is 12.8. The number of rotatable bonds is 5. The van der Waals surface area contributed by atoms with Crippen molar-refractivity contribution in [2.75, 3.05) is 18.5 Å². The first kappa shape index (κ1) is 37.2. The van der Waals surface area contributed by atoms with Crippen LogP contribution in [0.5, 0.6) is 0 Å². The maximum atomic E-state index is 15.4. The first-order valence-electron chi connectivity index (χ1n) is 18.0. The Labute approximate surface area is 299 Å². The molecule has 3 saturated carbocycles. The van der Waals surface area contributed by atoms with E-state index in [0.29, 0.717) is 49.3 Å². The van der Waals surface area contributed by atoms with E-state index in [4.69, 9.17) is 9.47 Å². The van der Waals surface area contributed by atoms with Crippen molar-refractivity contribution in [3.05, 3.63) is 76.6 Å². The van der Waals surface area contributed by atoms with Crippen molar-refractivity contribution in [3.63, 3.8) is 0 Å². The highest BCUT2D eigenvalue weighted by Gasteiger charge is 2.79. The summed E-state index contributed by atoms with van der Waals surface area (Å²) in [7, 11) is 0. The number of hydrogen-bond donors (Lipinski definition) is 4. The van der Waals surface area contributed by atoms with Crippen LogP contribution in [0, 0.1) is 28.5 Å². The number of halogens is 6. The highest BCUT2D eigenvalue weighted by Crippen LogP contribution is 2.71. The van der Waals surface area contributed by atoms with E-state index in [2.05, 4.69) is 10.6 Å². The number of amides is 2. The number of allylic oxidation sites excluding steroid dienone is 1. The molecule has 0 bridgehead atoms. The van der Waals surface area contributed by atoms with E-state index in [1.807, 2.05) is 13.8 Å². The maximum Gasteiger partial charge on any atom is 0.456 e. The topological polar surface area (TPSA) is 100 Å². The van der Waals surface area contributed by atoms with Crippen LogP contribution in [0.3, 0.4) is 0 Å². The van der Waals surface area contributed by atoms with E-state index in [1.54, 1.807) is 24.3 Å². The molecule has 13 heteroatoms. The highest BCUT2D eigenvalue weighted by atomic mass is 19.4. The average Bonchev–Trinajstić information content (AvgIpc) is 3.36. The summed E-state index contributed by atoms with van der Waals surface area (Å²) in [6, 6.07) is 11.8. The molecule has 6 atom stereocenters. The molecule has 1 spiro atoms. The average molecular weight is 737 g/mol. The van der Waals surface area contributed by atoms with Gasteiger partial charge in [0.1, 0.15) is 11.4 Å². The number of benzene rings is 2. The van der Waals surface area contributed by atoms with Crippen LogP contribution in [0.2, 0.25) is 0 Å². The normalized spacial score (nSPS) is 33.9. The minimum Gasteiger partial charge on any atom is -0.385 e. The molecule has 1 aliphatic heterocycles. The molecule has 1 saturated heterocycles. The van der Waals surface area contributed by atoms with E-state index >= 15 is 8.78 Å². The monoisotopic (exact) mass is 736 g/mol. The van der Waals surface area contributed by atoms with Gasteiger partial charge < -0.3 is 30.3 Å². The molecule has 4 aliphatic carbocycles. The third kappa shape index (κ3) is 6.03. The van der Waals surface area contributed by atoms with E-state index in [9.17, 15) is 32.6 Å². The van der Waals surface area contributed by atoms with Gasteiger partial charge in [-0.15, -0.1) is 0 Å². The van der Waals surface area contributed by atoms with E-state index < -0.39 is 70.5 Å². The van der Waals surface area contributed by atoms with Gasteiger partial charge in [0.15, 0.2) is 5.79 Å². The smallest absolute Gasteiger partial charge is 0.385 e. The fraction of sp³-hybridized carbons (Fsp3) is 0.615. The molecule has 4 N–H and O–H groups in total. The first-order valence-corrected chi connectivity index (χ1v) is 18.0. The van der Waals surface area contributed by atoms with Crippen LogP contribution in [0.15, 0.2) is 59.7 Å². The van der Waals surface area contributed by atoms with Crippen LogP contribution in [-0.4, -0.2) is 58.5 Å². The van der Waals surface area contributed by atoms with Gasteiger partial charge in [0, 0.05) is 41.8 Å². The third-order valence-corrected chi connectivity index (χ3v) is 12.8. The van der Waals surface area contributed by atoms with Gasteiger partial charge in [-0.3, -0.25) is 0 Å². The number of carbonyl (C=O) groups is 1. The zero-order valence-electron chi connectivity index (χ0n) is 29.5. The molecular weight excluding hydrogens is 690 g/mol. The highest BCUT2D eigenvalue weighted by molar-refractivity contribution is 5.89. The summed E-state index contributed by atoms with van der Waals surface area (Å²) >= 11 is 0. The standard InChI is InChI=1S/C39H46F6N2O5/c1-33(2)21-51-36(52-22-33)16-13-30-31-27(12-15-35(30,49)20-36)29-14-17-37(50,38(41,42)39(43,44)45)34(29,3)18-28(31)24-6-4-23(5-7-24)19-46-32(48)47-26-10-8-25(40)9-11-26/h4-11,27-29,49-50H,12-22H2,1-3H3,(H2,46,47,48)/t27?,28-,29?,34+,35?,37+/m1/s1. The zero-order chi connectivity index (χ0) is 37.5. The number of anilines is 1. The van der Waals surface area contributed by atoms with Crippen LogP contribution in [0.1, 0.15) is 89.2 Å². The Hall–Kier alpha value is -3.13. The Balaban J connectivity index is 1.21. The SMILES string of the molecule is CC1(C)COC2(CCC3=C4C(CCC3(O)C2)C2CC[C@@](O)(C(F)(F)C(F)(F)F)[C@@]2(C)C[C@@H]4c2ccc(CNC(=O)Nc3ccc(F)cc3)cc2)OC1. The first-order chi connectivity index (χ1) is 24.2. The van der Waals surface area contributed by atoms with Crippen LogP contribution >= 0.6 is 0 Å². The summed E-state index contributed by atoms with van der Waals surface area (Å²) in [5, 5.41) is 29.3. The second-order valence-electron chi connectivity index (χ2n) is 16.7. The number of aliphatic hydroxyl groups is 2. The molecule has 2 amide bonds. The van der Waals surface area contributed by atoms with Crippen molar-refractivity contribution < 1.29 is 50.8 Å². The molecule has 7 nitrogen and oxygen atoms in total. The molecule has 1 heterocycles. The molecule has 7 rings (SSSR count). The van der Waals surface area contributed by atoms with Gasteiger partial charge in [-0.1, -0.05) is 50.6 Å². The van der Waals surface area contributed by atoms with E-state index in [0.717, 1.165) is 11.1 Å². The molecule has 5 aliphatic rings. The van der Waals surface area contributed by atoms with Crippen LogP contribution in [-0.2, 0) is 16.0 Å². The molecule has 52 heavy (non-hydrogen) atoms. The lowest BCUT2D eigenvalue weighted by Crippen LogP contribution is -2.65.